The normalized spacial score (nSPS) is 14.1. The van der Waals surface area contributed by atoms with E-state index in [1.807, 2.05) is 4.72 Å². The molecule has 0 aliphatic rings. The van der Waals surface area contributed by atoms with Crippen molar-refractivity contribution in [3.8, 4) is 0 Å². The van der Waals surface area contributed by atoms with Crippen LogP contribution in [0.5, 0.6) is 0 Å². The molecular formula is C11H16N2O6S2. The molecule has 10 heteroatoms. The summed E-state index contributed by atoms with van der Waals surface area (Å²) in [4.78, 5) is 10.4. The number of carbonyl (C=O) groups is 1. The second kappa shape index (κ2) is 6.10. The van der Waals surface area contributed by atoms with Crippen molar-refractivity contribution >= 4 is 26.0 Å². The SMILES string of the molecule is CC(NS(=O)(=O)c1ccc(S(=O)(=O)N(C)C)cc1)C(=O)O. The van der Waals surface area contributed by atoms with E-state index >= 15 is 0 Å². The van der Waals surface area contributed by atoms with Gasteiger partial charge in [-0.25, -0.2) is 21.1 Å². The average Bonchev–Trinajstić information content (AvgIpc) is 2.38. The Kier molecular flexibility index (Phi) is 5.10. The van der Waals surface area contributed by atoms with Crippen molar-refractivity contribution in [3.63, 3.8) is 0 Å². The van der Waals surface area contributed by atoms with Gasteiger partial charge in [0.2, 0.25) is 20.0 Å². The molecule has 0 saturated heterocycles. The molecule has 8 nitrogen and oxygen atoms in total. The number of nitrogens with one attached hydrogen (secondary N) is 1. The van der Waals surface area contributed by atoms with Gasteiger partial charge in [-0.15, -0.1) is 0 Å². The Labute approximate surface area is 123 Å². The number of aliphatic carboxylic acids is 1. The number of sulfonamides is 2. The van der Waals surface area contributed by atoms with Crippen molar-refractivity contribution in [2.75, 3.05) is 14.1 Å². The van der Waals surface area contributed by atoms with Crippen LogP contribution in [-0.2, 0) is 24.8 Å². The molecule has 118 valence electrons. The molecule has 0 radical (unpaired) electrons. The molecular weight excluding hydrogens is 320 g/mol. The first kappa shape index (κ1) is 17.6. The molecule has 0 aromatic heterocycles. The van der Waals surface area contributed by atoms with Crippen LogP contribution in [0.2, 0.25) is 0 Å². The van der Waals surface area contributed by atoms with Gasteiger partial charge < -0.3 is 5.11 Å². The number of carboxylic acids is 1. The number of carboxylic acid groups (broad SMARTS) is 1. The number of hydrogen-bond acceptors (Lipinski definition) is 5. The number of hydrogen-bond donors (Lipinski definition) is 2. The highest BCUT2D eigenvalue weighted by atomic mass is 32.2. The van der Waals surface area contributed by atoms with Gasteiger partial charge in [0.05, 0.1) is 9.79 Å². The molecule has 0 heterocycles. The lowest BCUT2D eigenvalue weighted by Gasteiger charge is -2.13. The van der Waals surface area contributed by atoms with E-state index in [0.29, 0.717) is 0 Å². The first-order chi connectivity index (χ1) is 9.48. The number of nitrogens with zero attached hydrogens (tertiary/aromatic N) is 1. The lowest BCUT2D eigenvalue weighted by atomic mass is 10.4. The van der Waals surface area contributed by atoms with Gasteiger partial charge in [-0.3, -0.25) is 4.79 Å². The molecule has 1 rings (SSSR count). The summed E-state index contributed by atoms with van der Waals surface area (Å²) in [5.41, 5.74) is 0. The van der Waals surface area contributed by atoms with Crippen molar-refractivity contribution in [2.24, 2.45) is 0 Å². The highest BCUT2D eigenvalue weighted by Crippen LogP contribution is 2.16. The molecule has 0 aliphatic carbocycles. The topological polar surface area (TPSA) is 121 Å². The fourth-order valence-electron chi connectivity index (χ4n) is 1.35. The van der Waals surface area contributed by atoms with Crippen molar-refractivity contribution in [1.29, 1.82) is 0 Å². The third kappa shape index (κ3) is 4.00. The van der Waals surface area contributed by atoms with E-state index in [4.69, 9.17) is 5.11 Å². The third-order valence-corrected chi connectivity index (χ3v) is 6.00. The molecule has 0 aliphatic heterocycles. The van der Waals surface area contributed by atoms with E-state index < -0.39 is 32.1 Å². The van der Waals surface area contributed by atoms with Crippen LogP contribution >= 0.6 is 0 Å². The number of rotatable bonds is 6. The second-order valence-corrected chi connectivity index (χ2v) is 8.31. The quantitative estimate of drug-likeness (QED) is 0.735. The van der Waals surface area contributed by atoms with Crippen molar-refractivity contribution in [2.45, 2.75) is 22.8 Å². The fourth-order valence-corrected chi connectivity index (χ4v) is 3.45. The van der Waals surface area contributed by atoms with E-state index in [9.17, 15) is 21.6 Å². The smallest absolute Gasteiger partial charge is 0.321 e. The molecule has 1 unspecified atom stereocenters. The Balaban J connectivity index is 3.11. The summed E-state index contributed by atoms with van der Waals surface area (Å²) >= 11 is 0. The predicted octanol–water partition coefficient (Wildman–Crippen LogP) is -0.312. The average molecular weight is 336 g/mol. The fraction of sp³-hybridized carbons (Fsp3) is 0.364. The highest BCUT2D eigenvalue weighted by Gasteiger charge is 2.23. The zero-order valence-electron chi connectivity index (χ0n) is 11.6. The van der Waals surface area contributed by atoms with Gasteiger partial charge in [-0.1, -0.05) is 0 Å². The Bertz CT molecular complexity index is 722. The zero-order chi connectivity index (χ0) is 16.4. The largest absolute Gasteiger partial charge is 0.480 e. The van der Waals surface area contributed by atoms with Gasteiger partial charge in [0.15, 0.2) is 0 Å². The molecule has 21 heavy (non-hydrogen) atoms. The summed E-state index contributed by atoms with van der Waals surface area (Å²) in [6.07, 6.45) is 0. The monoisotopic (exact) mass is 336 g/mol. The summed E-state index contributed by atoms with van der Waals surface area (Å²) in [6.45, 7) is 1.19. The van der Waals surface area contributed by atoms with Crippen LogP contribution in [0.4, 0.5) is 0 Å². The zero-order valence-corrected chi connectivity index (χ0v) is 13.3. The molecule has 1 aromatic rings. The highest BCUT2D eigenvalue weighted by molar-refractivity contribution is 7.89. The molecule has 0 amide bonds. The second-order valence-electron chi connectivity index (χ2n) is 4.44. The maximum atomic E-state index is 11.9. The summed E-state index contributed by atoms with van der Waals surface area (Å²) in [5.74, 6) is -1.31. The maximum absolute atomic E-state index is 11.9. The number of benzene rings is 1. The van der Waals surface area contributed by atoms with Crippen LogP contribution in [0, 0.1) is 0 Å². The Morgan fingerprint density at radius 1 is 1.10 bits per heavy atom. The standard InChI is InChI=1S/C11H16N2O6S2/c1-8(11(14)15)12-20(16,17)9-4-6-10(7-5-9)21(18,19)13(2)3/h4-8,12H,1-3H3,(H,14,15). The summed E-state index contributed by atoms with van der Waals surface area (Å²) in [5, 5.41) is 8.69. The minimum absolute atomic E-state index is 0.0577. The Morgan fingerprint density at radius 2 is 1.52 bits per heavy atom. The van der Waals surface area contributed by atoms with Crippen LogP contribution < -0.4 is 4.72 Å². The van der Waals surface area contributed by atoms with E-state index in [2.05, 4.69) is 0 Å². The van der Waals surface area contributed by atoms with Gasteiger partial charge in [-0.2, -0.15) is 4.72 Å². The van der Waals surface area contributed by atoms with Crippen molar-refractivity contribution < 1.29 is 26.7 Å². The van der Waals surface area contributed by atoms with E-state index in [0.717, 1.165) is 28.6 Å². The lowest BCUT2D eigenvalue weighted by Crippen LogP contribution is -2.38. The summed E-state index contributed by atoms with van der Waals surface area (Å²) in [6, 6.07) is 3.21. The molecule has 0 spiro atoms. The lowest BCUT2D eigenvalue weighted by molar-refractivity contribution is -0.138. The van der Waals surface area contributed by atoms with Crippen molar-refractivity contribution in [3.05, 3.63) is 24.3 Å². The molecule has 1 aromatic carbocycles. The van der Waals surface area contributed by atoms with Gasteiger partial charge in [0, 0.05) is 14.1 Å². The van der Waals surface area contributed by atoms with Crippen LogP contribution in [0.15, 0.2) is 34.1 Å². The predicted molar refractivity (Wildman–Crippen MR) is 74.7 cm³/mol. The van der Waals surface area contributed by atoms with Crippen LogP contribution in [0.3, 0.4) is 0 Å². The first-order valence-electron chi connectivity index (χ1n) is 5.76. The van der Waals surface area contributed by atoms with Gasteiger partial charge in [-0.05, 0) is 31.2 Å². The van der Waals surface area contributed by atoms with Gasteiger partial charge in [0.1, 0.15) is 6.04 Å². The molecule has 0 bridgehead atoms. The third-order valence-electron chi connectivity index (χ3n) is 2.61. The van der Waals surface area contributed by atoms with E-state index in [1.165, 1.54) is 21.0 Å². The van der Waals surface area contributed by atoms with E-state index in [1.54, 1.807) is 0 Å². The first-order valence-corrected chi connectivity index (χ1v) is 8.68. The van der Waals surface area contributed by atoms with Crippen molar-refractivity contribution in [1.82, 2.24) is 9.03 Å². The Morgan fingerprint density at radius 3 is 1.90 bits per heavy atom. The van der Waals surface area contributed by atoms with Crippen LogP contribution in [0.1, 0.15) is 6.92 Å². The minimum atomic E-state index is -4.03. The summed E-state index contributed by atoms with van der Waals surface area (Å²) < 4.78 is 50.5. The van der Waals surface area contributed by atoms with Crippen LogP contribution in [-0.4, -0.2) is 52.4 Å². The van der Waals surface area contributed by atoms with E-state index in [-0.39, 0.29) is 9.79 Å². The molecule has 2 N–H and O–H groups in total. The molecule has 0 fully saturated rings. The van der Waals surface area contributed by atoms with Gasteiger partial charge in [0.25, 0.3) is 0 Å². The molecule has 0 saturated carbocycles. The minimum Gasteiger partial charge on any atom is -0.480 e. The van der Waals surface area contributed by atoms with Gasteiger partial charge >= 0.3 is 5.97 Å². The summed E-state index contributed by atoms with van der Waals surface area (Å²) in [7, 11) is -4.96. The molecule has 1 atom stereocenters. The Hall–Kier alpha value is -1.49. The maximum Gasteiger partial charge on any atom is 0.321 e. The van der Waals surface area contributed by atoms with Crippen LogP contribution in [0.25, 0.3) is 0 Å².